The van der Waals surface area contributed by atoms with Crippen molar-refractivity contribution in [3.63, 3.8) is 0 Å². The summed E-state index contributed by atoms with van der Waals surface area (Å²) in [5.74, 6) is 0.560. The fourth-order valence-electron chi connectivity index (χ4n) is 1.63. The van der Waals surface area contributed by atoms with Crippen molar-refractivity contribution in [1.82, 2.24) is 4.98 Å². The average molecular weight is 366 g/mol. The summed E-state index contributed by atoms with van der Waals surface area (Å²) < 4.78 is 5.13. The van der Waals surface area contributed by atoms with Gasteiger partial charge in [-0.05, 0) is 23.8 Å². The fourth-order valence-corrected chi connectivity index (χ4v) is 2.24. The van der Waals surface area contributed by atoms with Crippen molar-refractivity contribution in [3.05, 3.63) is 56.2 Å². The number of hydrogen-bond donors (Lipinski definition) is 1. The number of halogens is 2. The molecular formula is C14H9Cl2N5O3. The van der Waals surface area contributed by atoms with Gasteiger partial charge in [0.1, 0.15) is 18.1 Å². The van der Waals surface area contributed by atoms with Gasteiger partial charge in [0.2, 0.25) is 0 Å². The zero-order valence-electron chi connectivity index (χ0n) is 11.9. The molecule has 1 aromatic carbocycles. The molecule has 0 saturated heterocycles. The molecule has 0 aliphatic carbocycles. The van der Waals surface area contributed by atoms with E-state index >= 15 is 0 Å². The summed E-state index contributed by atoms with van der Waals surface area (Å²) in [7, 11) is 0. The Bertz CT molecular complexity index is 795. The molecule has 0 atom stereocenters. The highest BCUT2D eigenvalue weighted by molar-refractivity contribution is 6.37. The first-order valence-corrected chi connectivity index (χ1v) is 7.15. The molecule has 0 amide bonds. The molecule has 2 aromatic rings. The van der Waals surface area contributed by atoms with Gasteiger partial charge in [-0.15, -0.1) is 0 Å². The summed E-state index contributed by atoms with van der Waals surface area (Å²) in [4.78, 5) is 13.8. The molecule has 0 unspecified atom stereocenters. The summed E-state index contributed by atoms with van der Waals surface area (Å²) in [6.45, 7) is -0.166. The third kappa shape index (κ3) is 4.55. The highest BCUT2D eigenvalue weighted by Crippen LogP contribution is 2.33. The van der Waals surface area contributed by atoms with Gasteiger partial charge in [0.25, 0.3) is 5.69 Å². The van der Waals surface area contributed by atoms with Crippen LogP contribution in [-0.4, -0.2) is 22.7 Å². The summed E-state index contributed by atoms with van der Waals surface area (Å²) in [5, 5.41) is 23.5. The number of benzene rings is 1. The van der Waals surface area contributed by atoms with E-state index in [2.05, 4.69) is 15.5 Å². The molecule has 1 heterocycles. The first-order chi connectivity index (χ1) is 11.5. The summed E-state index contributed by atoms with van der Waals surface area (Å²) >= 11 is 12.1. The van der Waals surface area contributed by atoms with Gasteiger partial charge >= 0.3 is 0 Å². The Morgan fingerprint density at radius 2 is 2.12 bits per heavy atom. The smallest absolute Gasteiger partial charge is 0.287 e. The lowest BCUT2D eigenvalue weighted by atomic mass is 10.2. The van der Waals surface area contributed by atoms with Gasteiger partial charge in [0.05, 0.1) is 21.2 Å². The van der Waals surface area contributed by atoms with E-state index in [1.165, 1.54) is 18.3 Å². The number of nitrogens with zero attached hydrogens (tertiary/aromatic N) is 4. The molecule has 1 aromatic heterocycles. The third-order valence-corrected chi connectivity index (χ3v) is 3.21. The van der Waals surface area contributed by atoms with Crippen molar-refractivity contribution in [2.24, 2.45) is 5.10 Å². The minimum Gasteiger partial charge on any atom is -0.476 e. The summed E-state index contributed by atoms with van der Waals surface area (Å²) in [6, 6.07) is 7.68. The Kier molecular flexibility index (Phi) is 5.89. The molecule has 8 nitrogen and oxygen atoms in total. The van der Waals surface area contributed by atoms with Crippen molar-refractivity contribution >= 4 is 40.9 Å². The van der Waals surface area contributed by atoms with Crippen LogP contribution in [0.5, 0.6) is 5.75 Å². The van der Waals surface area contributed by atoms with Gasteiger partial charge in [0.15, 0.2) is 12.4 Å². The lowest BCUT2D eigenvalue weighted by Crippen LogP contribution is -1.97. The van der Waals surface area contributed by atoms with Crippen LogP contribution >= 0.6 is 23.2 Å². The number of hydrazone groups is 1. The quantitative estimate of drug-likeness (QED) is 0.474. The van der Waals surface area contributed by atoms with Gasteiger partial charge in [-0.25, -0.2) is 4.98 Å². The van der Waals surface area contributed by atoms with Crippen LogP contribution in [0.4, 0.5) is 11.5 Å². The SMILES string of the molecule is N#CCOc1c(Cl)cc(/C=N/Nc2ccc([N+](=O)[O-])cn2)cc1Cl. The van der Waals surface area contributed by atoms with E-state index in [9.17, 15) is 10.1 Å². The number of hydrogen-bond acceptors (Lipinski definition) is 7. The van der Waals surface area contributed by atoms with Crippen LogP contribution < -0.4 is 10.2 Å². The first-order valence-electron chi connectivity index (χ1n) is 6.39. The second-order valence-electron chi connectivity index (χ2n) is 4.29. The zero-order valence-corrected chi connectivity index (χ0v) is 13.5. The van der Waals surface area contributed by atoms with Crippen LogP contribution in [-0.2, 0) is 0 Å². The van der Waals surface area contributed by atoms with Crippen LogP contribution in [0.2, 0.25) is 10.0 Å². The van der Waals surface area contributed by atoms with E-state index in [1.54, 1.807) is 12.1 Å². The third-order valence-electron chi connectivity index (χ3n) is 2.65. The van der Waals surface area contributed by atoms with Crippen molar-refractivity contribution < 1.29 is 9.66 Å². The minimum atomic E-state index is -0.542. The first kappa shape index (κ1) is 17.5. The lowest BCUT2D eigenvalue weighted by Gasteiger charge is -2.07. The highest BCUT2D eigenvalue weighted by atomic mass is 35.5. The van der Waals surface area contributed by atoms with Crippen LogP contribution in [0, 0.1) is 21.4 Å². The predicted octanol–water partition coefficient (Wildman–Crippen LogP) is 3.64. The molecule has 0 aliphatic rings. The van der Waals surface area contributed by atoms with Crippen molar-refractivity contribution in [1.29, 1.82) is 5.26 Å². The molecule has 2 rings (SSSR count). The number of rotatable bonds is 6. The molecule has 1 N–H and O–H groups in total. The number of pyridine rings is 1. The van der Waals surface area contributed by atoms with E-state index in [1.807, 2.05) is 6.07 Å². The Morgan fingerprint density at radius 3 is 2.67 bits per heavy atom. The fraction of sp³-hybridized carbons (Fsp3) is 0.0714. The molecule has 0 spiro atoms. The normalized spacial score (nSPS) is 10.4. The maximum absolute atomic E-state index is 10.5. The number of aromatic nitrogens is 1. The average Bonchev–Trinajstić information content (AvgIpc) is 2.54. The monoisotopic (exact) mass is 365 g/mol. The van der Waals surface area contributed by atoms with Crippen molar-refractivity contribution in [3.8, 4) is 11.8 Å². The van der Waals surface area contributed by atoms with E-state index in [0.717, 1.165) is 6.20 Å². The van der Waals surface area contributed by atoms with Gasteiger partial charge in [0, 0.05) is 6.07 Å². The number of ether oxygens (including phenoxy) is 1. The molecule has 24 heavy (non-hydrogen) atoms. The van der Waals surface area contributed by atoms with Crippen LogP contribution in [0.15, 0.2) is 35.6 Å². The number of anilines is 1. The topological polar surface area (TPSA) is 113 Å². The molecule has 0 bridgehead atoms. The van der Waals surface area contributed by atoms with E-state index in [4.69, 9.17) is 33.2 Å². The Morgan fingerprint density at radius 1 is 1.42 bits per heavy atom. The van der Waals surface area contributed by atoms with Crippen molar-refractivity contribution in [2.45, 2.75) is 0 Å². The molecule has 10 heteroatoms. The predicted molar refractivity (Wildman–Crippen MR) is 89.7 cm³/mol. The molecule has 0 aliphatic heterocycles. The maximum atomic E-state index is 10.5. The number of nitrogens with one attached hydrogen (secondary N) is 1. The maximum Gasteiger partial charge on any atom is 0.287 e. The highest BCUT2D eigenvalue weighted by Gasteiger charge is 2.09. The summed E-state index contributed by atoms with van der Waals surface area (Å²) in [6.07, 6.45) is 2.56. The zero-order chi connectivity index (χ0) is 17.5. The molecule has 0 radical (unpaired) electrons. The Labute approximate surface area is 146 Å². The van der Waals surface area contributed by atoms with Crippen molar-refractivity contribution in [2.75, 3.05) is 12.0 Å². The molecule has 0 saturated carbocycles. The Balaban J connectivity index is 2.06. The standard InChI is InChI=1S/C14H9Cl2N5O3/c15-11-5-9(6-12(16)14(11)24-4-3-17)7-19-20-13-2-1-10(8-18-13)21(22)23/h1-2,5-8H,4H2,(H,18,20)/b19-7+. The molecular weight excluding hydrogens is 357 g/mol. The van der Waals surface area contributed by atoms with Crippen LogP contribution in [0.1, 0.15) is 5.56 Å². The summed E-state index contributed by atoms with van der Waals surface area (Å²) in [5.41, 5.74) is 3.09. The minimum absolute atomic E-state index is 0.115. The largest absolute Gasteiger partial charge is 0.476 e. The number of nitro groups is 1. The van der Waals surface area contributed by atoms with Gasteiger partial charge in [-0.1, -0.05) is 23.2 Å². The van der Waals surface area contributed by atoms with Gasteiger partial charge in [-0.3, -0.25) is 15.5 Å². The lowest BCUT2D eigenvalue weighted by molar-refractivity contribution is -0.385. The molecule has 122 valence electrons. The second kappa shape index (κ2) is 8.10. The Hall–Kier alpha value is -2.89. The van der Waals surface area contributed by atoms with Gasteiger partial charge < -0.3 is 4.74 Å². The van der Waals surface area contributed by atoms with E-state index in [-0.39, 0.29) is 28.1 Å². The van der Waals surface area contributed by atoms with E-state index in [0.29, 0.717) is 11.4 Å². The number of nitriles is 1. The van der Waals surface area contributed by atoms with E-state index < -0.39 is 4.92 Å². The van der Waals surface area contributed by atoms with Crippen LogP contribution in [0.25, 0.3) is 0 Å². The van der Waals surface area contributed by atoms with Crippen LogP contribution in [0.3, 0.4) is 0 Å². The second-order valence-corrected chi connectivity index (χ2v) is 5.10. The molecule has 0 fully saturated rings. The van der Waals surface area contributed by atoms with Gasteiger partial charge in [-0.2, -0.15) is 10.4 Å².